The van der Waals surface area contributed by atoms with Gasteiger partial charge in [0.2, 0.25) is 10.6 Å². The molecule has 1 N–H and O–H groups in total. The maximum absolute atomic E-state index is 13.6. The highest BCUT2D eigenvalue weighted by Crippen LogP contribution is 2.57. The van der Waals surface area contributed by atoms with Crippen LogP contribution in [0.15, 0.2) is 37.7 Å². The number of hydrogen-bond donors (Lipinski definition) is 1. The first-order chi connectivity index (χ1) is 42.5. The van der Waals surface area contributed by atoms with Crippen LogP contribution in [0.5, 0.6) is 0 Å². The van der Waals surface area contributed by atoms with E-state index >= 15 is 0 Å². The van der Waals surface area contributed by atoms with Crippen molar-refractivity contribution >= 4 is 83.4 Å². The topological polar surface area (TPSA) is 284 Å². The number of hydrogen-bond acceptors (Lipinski definition) is 22. The minimum Gasteiger partial charge on any atom is -0.443 e. The number of amides is 2. The van der Waals surface area contributed by atoms with Crippen LogP contribution < -0.4 is 9.80 Å². The monoisotopic (exact) mass is 1350 g/mol. The van der Waals surface area contributed by atoms with Crippen molar-refractivity contribution in [1.82, 2.24) is 39.5 Å². The average Bonchev–Trinajstić information content (AvgIpc) is 1.60. The summed E-state index contributed by atoms with van der Waals surface area (Å²) in [7, 11) is -4.23. The summed E-state index contributed by atoms with van der Waals surface area (Å²) in [5, 5.41) is 18.1. The average molecular weight is 1350 g/mol. The molecule has 4 aliphatic heterocycles. The zero-order chi connectivity index (χ0) is 66.6. The largest absolute Gasteiger partial charge is 0.443 e. The van der Waals surface area contributed by atoms with Gasteiger partial charge in [0, 0.05) is 32.0 Å². The van der Waals surface area contributed by atoms with E-state index in [0.717, 1.165) is 51.4 Å². The van der Waals surface area contributed by atoms with Crippen LogP contribution in [0.1, 0.15) is 146 Å². The van der Waals surface area contributed by atoms with E-state index < -0.39 is 116 Å². The third-order valence-corrected chi connectivity index (χ3v) is 22.3. The van der Waals surface area contributed by atoms with Gasteiger partial charge in [-0.05, 0) is 145 Å². The van der Waals surface area contributed by atoms with Crippen molar-refractivity contribution in [3.8, 4) is 0 Å². The molecule has 0 spiro atoms. The highest BCUT2D eigenvalue weighted by molar-refractivity contribution is 7.64. The number of halogens is 2. The summed E-state index contributed by atoms with van der Waals surface area (Å²) in [6.07, 6.45) is 7.92. The lowest BCUT2D eigenvalue weighted by molar-refractivity contribution is -0.206. The van der Waals surface area contributed by atoms with E-state index in [1.165, 1.54) is 0 Å². The maximum atomic E-state index is 13.6. The Morgan fingerprint density at radius 2 is 1.01 bits per heavy atom. The number of methoxy groups -OCH3 is 1. The number of carbonyl (C=O) groups is 2. The fraction of sp³-hybridized carbons (Fsp3) is 0.738. The molecular weight excluding hydrogens is 1260 g/mol. The lowest BCUT2D eigenvalue weighted by atomic mass is 10.1. The van der Waals surface area contributed by atoms with Crippen molar-refractivity contribution in [2.75, 3.05) is 70.0 Å². The van der Waals surface area contributed by atoms with Crippen LogP contribution in [0.4, 0.5) is 21.2 Å². The molecule has 0 radical (unpaired) electrons. The minimum atomic E-state index is -2.94. The normalized spacial score (nSPS) is 26.4. The van der Waals surface area contributed by atoms with Gasteiger partial charge >= 0.3 is 12.2 Å². The molecule has 2 saturated carbocycles. The summed E-state index contributed by atoms with van der Waals surface area (Å²) in [6, 6.07) is -0.224. The third-order valence-electron chi connectivity index (χ3n) is 17.1. The standard InChI is InChI=1S/C31H47ClN5O8P.C30H45ClN5O8P/c1-10-15-31(18-40-7,46(8,9)39)41-17-21-22-23(44-30(5,6)43-22)26(42-21)37-25-20(16-33-37)24(34-27(32)35-25)36(19-13-11-12-14-19)28(38)45-29(2,3)4;1-9-14-30(17-37,45(7,8)39)40-16-20-21-22(43-29(5,6)42-21)25(41-20)36-24-19(15-32-36)23(33-26(31)34-24)35(18-12-10-11-13-18)27(38)44-28(2,3)4/h10,16,19,21-23,26H,1,11-15,17-18H2,2-9H3;9,15,18,20-22,25,37H,1,10-14,16-17H2,2-8H3/t21-,22-,23-,26-,31?;20-,21-,22-,25-,30?/m11/s1. The van der Waals surface area contributed by atoms with Crippen molar-refractivity contribution in [2.45, 2.75) is 228 Å². The smallest absolute Gasteiger partial charge is 0.416 e. The quantitative estimate of drug-likeness (QED) is 0.0461. The second-order valence-electron chi connectivity index (χ2n) is 27.9. The van der Waals surface area contributed by atoms with Gasteiger partial charge in [-0.1, -0.05) is 37.8 Å². The Bertz CT molecular complexity index is 3390. The Balaban J connectivity index is 0.000000215. The van der Waals surface area contributed by atoms with E-state index in [9.17, 15) is 23.8 Å². The zero-order valence-corrected chi connectivity index (χ0v) is 58.4. The molecule has 10 rings (SSSR count). The molecule has 8 heterocycles. The van der Waals surface area contributed by atoms with E-state index in [4.69, 9.17) is 75.3 Å². The van der Waals surface area contributed by atoms with Crippen molar-refractivity contribution in [3.63, 3.8) is 0 Å². The van der Waals surface area contributed by atoms with Crippen molar-refractivity contribution in [3.05, 3.63) is 48.3 Å². The summed E-state index contributed by atoms with van der Waals surface area (Å²) < 4.78 is 97.8. The Hall–Kier alpha value is -4.24. The summed E-state index contributed by atoms with van der Waals surface area (Å²) in [5.41, 5.74) is -0.710. The van der Waals surface area contributed by atoms with Gasteiger partial charge in [-0.25, -0.2) is 19.0 Å². The van der Waals surface area contributed by atoms with Gasteiger partial charge < -0.3 is 66.3 Å². The first-order valence-electron chi connectivity index (χ1n) is 31.1. The number of ether oxygens (including phenoxy) is 11. The van der Waals surface area contributed by atoms with E-state index in [-0.39, 0.29) is 48.9 Å². The minimum absolute atomic E-state index is 0.0362. The second-order valence-corrected chi connectivity index (χ2v) is 35.6. The molecule has 0 aromatic carbocycles. The molecule has 6 fully saturated rings. The van der Waals surface area contributed by atoms with Crippen LogP contribution in [-0.2, 0) is 61.2 Å². The van der Waals surface area contributed by atoms with Crippen molar-refractivity contribution < 1.29 is 75.9 Å². The highest BCUT2D eigenvalue weighted by atomic mass is 35.5. The Labute approximate surface area is 542 Å². The SMILES string of the molecule is C=CCC(CO)(OC[C@H]1O[C@@H](n2ncc3c(N(C(=O)OC(C)(C)C)C4CCCC4)nc(Cl)nc32)[C@@H]2OC(C)(C)O[C@@H]21)P(C)(C)=O.C=CCC(COC)(OC[C@H]1O[C@@H](n2ncc3c(N(C(=O)OC(C)(C)C)C4CCCC4)nc(Cl)nc32)[C@@H]2OC(C)(C)O[C@@H]21)P(C)(C)=O. The number of aliphatic hydroxyl groups excluding tert-OH is 1. The van der Waals surface area contributed by atoms with Crippen LogP contribution in [0.25, 0.3) is 22.1 Å². The van der Waals surface area contributed by atoms with Crippen LogP contribution in [0.2, 0.25) is 10.6 Å². The molecular formula is C61H92Cl2N10O16P2. The van der Waals surface area contributed by atoms with Gasteiger partial charge in [-0.3, -0.25) is 9.80 Å². The Morgan fingerprint density at radius 1 is 0.648 bits per heavy atom. The molecule has 26 nitrogen and oxygen atoms in total. The maximum Gasteiger partial charge on any atom is 0.416 e. The Morgan fingerprint density at radius 3 is 1.35 bits per heavy atom. The van der Waals surface area contributed by atoms with Crippen LogP contribution in [0, 0.1) is 0 Å². The molecule has 2 unspecified atom stereocenters. The van der Waals surface area contributed by atoms with E-state index in [1.54, 1.807) is 91.3 Å². The van der Waals surface area contributed by atoms with Crippen LogP contribution in [0.3, 0.4) is 0 Å². The fourth-order valence-electron chi connectivity index (χ4n) is 12.8. The molecule has 0 bridgehead atoms. The van der Waals surface area contributed by atoms with Crippen LogP contribution in [-0.4, -0.2) is 199 Å². The molecule has 91 heavy (non-hydrogen) atoms. The number of carbonyl (C=O) groups excluding carboxylic acids is 2. The predicted octanol–water partition coefficient (Wildman–Crippen LogP) is 11.6. The summed E-state index contributed by atoms with van der Waals surface area (Å²) in [6.45, 7) is 32.0. The first-order valence-corrected chi connectivity index (χ1v) is 37.0. The van der Waals surface area contributed by atoms with Crippen molar-refractivity contribution in [2.24, 2.45) is 0 Å². The molecule has 2 amide bonds. The molecule has 6 aliphatic rings. The van der Waals surface area contributed by atoms with Gasteiger partial charge in [0.25, 0.3) is 0 Å². The fourth-order valence-corrected chi connectivity index (χ4v) is 15.8. The van der Waals surface area contributed by atoms with Crippen molar-refractivity contribution in [1.29, 1.82) is 0 Å². The molecule has 30 heteroatoms. The number of anilines is 2. The van der Waals surface area contributed by atoms with Gasteiger partial charge in [0.1, 0.15) is 72.8 Å². The summed E-state index contributed by atoms with van der Waals surface area (Å²) >= 11 is 13.0. The number of aliphatic hydroxyl groups is 1. The van der Waals surface area contributed by atoms with Gasteiger partial charge in [-0.15, -0.1) is 13.2 Å². The van der Waals surface area contributed by atoms with E-state index in [0.29, 0.717) is 40.1 Å². The molecule has 10 atom stereocenters. The lowest BCUT2D eigenvalue weighted by Gasteiger charge is -2.37. The Kier molecular flexibility index (Phi) is 21.2. The molecule has 4 saturated heterocycles. The molecule has 2 aliphatic carbocycles. The second kappa shape index (κ2) is 27.1. The van der Waals surface area contributed by atoms with Gasteiger partial charge in [0.15, 0.2) is 47.0 Å². The zero-order valence-electron chi connectivity index (χ0n) is 55.1. The molecule has 4 aromatic heterocycles. The first kappa shape index (κ1) is 71.1. The van der Waals surface area contributed by atoms with E-state index in [1.807, 2.05) is 55.4 Å². The molecule has 506 valence electrons. The number of fused-ring (bicyclic) bond motifs is 4. The van der Waals surface area contributed by atoms with Crippen LogP contribution >= 0.6 is 37.5 Å². The summed E-state index contributed by atoms with van der Waals surface area (Å²) in [5.74, 6) is -1.21. The predicted molar refractivity (Wildman–Crippen MR) is 343 cm³/mol. The van der Waals surface area contributed by atoms with Gasteiger partial charge in [0.05, 0.1) is 49.6 Å². The number of rotatable bonds is 21. The van der Waals surface area contributed by atoms with Gasteiger partial charge in [-0.2, -0.15) is 30.1 Å². The lowest BCUT2D eigenvalue weighted by Crippen LogP contribution is -2.43. The molecule has 4 aromatic rings. The third kappa shape index (κ3) is 15.2. The van der Waals surface area contributed by atoms with E-state index in [2.05, 4.69) is 43.3 Å². The number of aromatic nitrogens is 8. The highest BCUT2D eigenvalue weighted by Gasteiger charge is 2.59. The number of nitrogens with zero attached hydrogens (tertiary/aromatic N) is 10. The summed E-state index contributed by atoms with van der Waals surface area (Å²) in [4.78, 5) is 48.4.